The number of hydrogen-bond donors (Lipinski definition) is 3. The van der Waals surface area contributed by atoms with Gasteiger partial charge < -0.3 is 44.2 Å². The van der Waals surface area contributed by atoms with Gasteiger partial charge in [-0.3, -0.25) is 24.0 Å². The highest BCUT2D eigenvalue weighted by molar-refractivity contribution is 5.94. The van der Waals surface area contributed by atoms with E-state index in [0.717, 1.165) is 25.7 Å². The molecule has 0 unspecified atom stereocenters. The minimum absolute atomic E-state index is 0.00326. The van der Waals surface area contributed by atoms with Crippen LogP contribution in [-0.4, -0.2) is 120 Å². The Morgan fingerprint density at radius 3 is 2.39 bits per heavy atom. The summed E-state index contributed by atoms with van der Waals surface area (Å²) in [4.78, 5) is 85.6. The fourth-order valence-corrected chi connectivity index (χ4v) is 9.54. The lowest BCUT2D eigenvalue weighted by atomic mass is 9.62. The van der Waals surface area contributed by atoms with Crippen LogP contribution in [0.5, 0.6) is 0 Å². The number of ether oxygens (including phenoxy) is 6. The number of hydroxylamine groups is 2. The molecule has 17 nitrogen and oxygen atoms in total. The lowest BCUT2D eigenvalue weighted by molar-refractivity contribution is -0.235. The van der Waals surface area contributed by atoms with E-state index in [1.54, 1.807) is 52.8 Å². The monoisotopic (exact) mass is 851 g/mol. The predicted octanol–water partition coefficient (Wildman–Crippen LogP) is 2.40. The van der Waals surface area contributed by atoms with E-state index >= 15 is 0 Å². The van der Waals surface area contributed by atoms with Crippen LogP contribution >= 0.6 is 0 Å². The molecule has 3 N–H and O–H groups in total. The number of benzene rings is 1. The third-order valence-electron chi connectivity index (χ3n) is 12.7. The van der Waals surface area contributed by atoms with Crippen LogP contribution in [0.25, 0.3) is 6.08 Å². The number of cyclic esters (lactones) is 1. The minimum atomic E-state index is -1.46. The van der Waals surface area contributed by atoms with E-state index < -0.39 is 101 Å². The van der Waals surface area contributed by atoms with Gasteiger partial charge in [-0.15, -0.1) is 0 Å². The largest absolute Gasteiger partial charge is 0.462 e. The van der Waals surface area contributed by atoms with Crippen LogP contribution in [0.1, 0.15) is 97.1 Å². The Hall–Kier alpha value is -4.42. The summed E-state index contributed by atoms with van der Waals surface area (Å²) >= 11 is 0. The molecule has 8 atom stereocenters. The number of hydrogen-bond acceptors (Lipinski definition) is 15. The zero-order chi connectivity index (χ0) is 43.5. The Bertz CT molecular complexity index is 1940. The molecule has 4 aliphatic heterocycles. The summed E-state index contributed by atoms with van der Waals surface area (Å²) in [7, 11) is 0. The van der Waals surface area contributed by atoms with Crippen molar-refractivity contribution in [1.82, 2.24) is 15.7 Å². The number of esters is 4. The van der Waals surface area contributed by atoms with Crippen molar-refractivity contribution in [2.75, 3.05) is 19.8 Å². The summed E-state index contributed by atoms with van der Waals surface area (Å²) in [6, 6.07) is 5.34. The van der Waals surface area contributed by atoms with Gasteiger partial charge in [0.1, 0.15) is 42.0 Å². The van der Waals surface area contributed by atoms with Crippen LogP contribution in [0.3, 0.4) is 0 Å². The summed E-state index contributed by atoms with van der Waals surface area (Å²) in [5.41, 5.74) is -1.43. The topological polar surface area (TPSA) is 215 Å². The number of nitrogens with zero attached hydrogens (tertiary/aromatic N) is 1. The molecule has 0 spiro atoms. The molecule has 1 aromatic carbocycles. The van der Waals surface area contributed by atoms with Crippen molar-refractivity contribution in [3.05, 3.63) is 41.5 Å². The molecule has 3 aliphatic carbocycles. The van der Waals surface area contributed by atoms with E-state index in [0.29, 0.717) is 11.1 Å². The van der Waals surface area contributed by atoms with E-state index in [4.69, 9.17) is 33.3 Å². The second kappa shape index (κ2) is 16.4. The zero-order valence-corrected chi connectivity index (χ0v) is 35.3. The molecule has 2 bridgehead atoms. The van der Waals surface area contributed by atoms with Crippen molar-refractivity contribution in [3.8, 4) is 0 Å². The number of carbonyl (C=O) groups is 6. The Morgan fingerprint density at radius 1 is 1.02 bits per heavy atom. The summed E-state index contributed by atoms with van der Waals surface area (Å²) in [6.07, 6.45) is 2.73. The normalized spacial score (nSPS) is 31.5. The van der Waals surface area contributed by atoms with Crippen LogP contribution in [0.2, 0.25) is 0 Å². The molecule has 7 aliphatic rings. The molecular weight excluding hydrogens is 794 g/mol. The molecule has 332 valence electrons. The van der Waals surface area contributed by atoms with Gasteiger partial charge in [-0.25, -0.2) is 9.59 Å². The fourth-order valence-electron chi connectivity index (χ4n) is 9.54. The summed E-state index contributed by atoms with van der Waals surface area (Å²) < 4.78 is 35.7. The molecule has 1 aromatic rings. The third kappa shape index (κ3) is 8.68. The van der Waals surface area contributed by atoms with Crippen LogP contribution in [-0.2, 0) is 68.6 Å². The Balaban J connectivity index is 0.976. The van der Waals surface area contributed by atoms with E-state index in [-0.39, 0.29) is 63.8 Å². The third-order valence-corrected chi connectivity index (χ3v) is 12.7. The number of aliphatic hydroxyl groups excluding tert-OH is 1. The van der Waals surface area contributed by atoms with Crippen LogP contribution in [0.4, 0.5) is 0 Å². The molecule has 4 saturated heterocycles. The minimum Gasteiger partial charge on any atom is -0.462 e. The maximum atomic E-state index is 14.7. The average molecular weight is 852 g/mol. The van der Waals surface area contributed by atoms with Crippen molar-refractivity contribution in [1.29, 1.82) is 0 Å². The lowest BCUT2D eigenvalue weighted by Gasteiger charge is -2.48. The van der Waals surface area contributed by atoms with Crippen molar-refractivity contribution < 1.29 is 67.1 Å². The van der Waals surface area contributed by atoms with Crippen molar-refractivity contribution in [2.45, 2.75) is 147 Å². The maximum absolute atomic E-state index is 14.7. The summed E-state index contributed by atoms with van der Waals surface area (Å²) in [5.74, 6) is -3.71. The number of carbonyl (C=O) groups excluding carboxylic acids is 6. The molecule has 2 amide bonds. The van der Waals surface area contributed by atoms with E-state index in [9.17, 15) is 33.9 Å². The van der Waals surface area contributed by atoms with Gasteiger partial charge in [0.25, 0.3) is 0 Å². The molecule has 7 fully saturated rings. The first-order valence-electron chi connectivity index (χ1n) is 21.5. The molecule has 0 aromatic heterocycles. The Labute approximate surface area is 354 Å². The zero-order valence-electron chi connectivity index (χ0n) is 35.3. The summed E-state index contributed by atoms with van der Waals surface area (Å²) in [6.45, 7) is 8.58. The van der Waals surface area contributed by atoms with E-state index in [1.165, 1.54) is 11.1 Å². The van der Waals surface area contributed by atoms with Gasteiger partial charge in [0.05, 0.1) is 19.2 Å². The van der Waals surface area contributed by atoms with Gasteiger partial charge in [-0.05, 0) is 70.1 Å². The highest BCUT2D eigenvalue weighted by Gasteiger charge is 2.78. The molecule has 3 saturated carbocycles. The number of fused-ring (bicyclic) bond motifs is 4. The molecule has 17 heteroatoms. The van der Waals surface area contributed by atoms with E-state index in [1.807, 2.05) is 12.1 Å². The SMILES string of the molecule is CC(C)(C)OC(=O)CC[C@@H](CO)NC(=O)CCNC(=O)[C@@]12C[C@H]3OC(=O)[C@@H]1N(Cc1cccc(C=CC(=O)O[C@H]4C(=O)OCC4(C)C)c1)O[C@@H]2[C@H]1OC(C2CC2)(C2CC2)O[C@H]13. The molecule has 61 heavy (non-hydrogen) atoms. The maximum Gasteiger partial charge on any atom is 0.348 e. The van der Waals surface area contributed by atoms with Crippen molar-refractivity contribution >= 4 is 41.8 Å². The van der Waals surface area contributed by atoms with Gasteiger partial charge in [0.2, 0.25) is 17.9 Å². The average Bonchev–Trinajstić information content (AvgIpc) is 4.14. The Morgan fingerprint density at radius 2 is 1.74 bits per heavy atom. The quantitative estimate of drug-likeness (QED) is 0.124. The standard InChI is InChI=1S/C44H57N3O14/c1-41(2,3)58-32(51)16-14-28(22-48)46-30(49)17-18-45-40(54)43-20-29-33-34(60-44(59-33,26-10-11-26)27-12-13-27)36(43)61-47(35(43)38(52)56-29)21-25-8-6-7-24(19-25)9-15-31(50)57-37-39(53)55-23-42(37,4)5/h6-9,15,19,26-29,33-37,48H,10-14,16-18,20-23H2,1-5H3,(H,45,54)(H,46,49)/t28-,29+,33-,34-,35-,36+,37-,43-/m0/s1. The number of aliphatic hydroxyl groups is 1. The number of amides is 2. The smallest absolute Gasteiger partial charge is 0.348 e. The van der Waals surface area contributed by atoms with Gasteiger partial charge in [0.15, 0.2) is 11.8 Å². The van der Waals surface area contributed by atoms with Gasteiger partial charge >= 0.3 is 23.9 Å². The molecular formula is C44H57N3O14. The van der Waals surface area contributed by atoms with Gasteiger partial charge in [-0.2, -0.15) is 5.06 Å². The first-order valence-corrected chi connectivity index (χ1v) is 21.5. The number of rotatable bonds is 16. The van der Waals surface area contributed by atoms with Gasteiger partial charge in [0, 0.05) is 49.1 Å². The molecule has 8 rings (SSSR count). The second-order valence-electron chi connectivity index (χ2n) is 19.2. The first kappa shape index (κ1) is 43.2. The highest BCUT2D eigenvalue weighted by Crippen LogP contribution is 2.63. The van der Waals surface area contributed by atoms with Gasteiger partial charge in [-0.1, -0.05) is 38.1 Å². The first-order chi connectivity index (χ1) is 28.9. The van der Waals surface area contributed by atoms with Crippen LogP contribution in [0, 0.1) is 22.7 Å². The molecule has 0 radical (unpaired) electrons. The predicted molar refractivity (Wildman–Crippen MR) is 211 cm³/mol. The Kier molecular flexibility index (Phi) is 11.6. The van der Waals surface area contributed by atoms with Crippen molar-refractivity contribution in [2.24, 2.45) is 22.7 Å². The summed E-state index contributed by atoms with van der Waals surface area (Å²) in [5, 5.41) is 17.0. The fraction of sp³-hybridized carbons (Fsp3) is 0.682. The number of nitrogens with one attached hydrogen (secondary N) is 2. The van der Waals surface area contributed by atoms with E-state index in [2.05, 4.69) is 10.6 Å². The van der Waals surface area contributed by atoms with Crippen LogP contribution in [0.15, 0.2) is 30.3 Å². The second-order valence-corrected chi connectivity index (χ2v) is 19.2. The highest BCUT2D eigenvalue weighted by atomic mass is 16.8. The molecule has 4 heterocycles. The van der Waals surface area contributed by atoms with Crippen molar-refractivity contribution in [3.63, 3.8) is 0 Å². The van der Waals surface area contributed by atoms with Crippen LogP contribution < -0.4 is 10.6 Å². The lowest BCUT2D eigenvalue weighted by Crippen LogP contribution is -2.69.